The van der Waals surface area contributed by atoms with Gasteiger partial charge in [-0.1, -0.05) is 29.3 Å². The monoisotopic (exact) mass is 530 g/mol. The Balaban J connectivity index is 0.00000259. The van der Waals surface area contributed by atoms with E-state index < -0.39 is 10.0 Å². The summed E-state index contributed by atoms with van der Waals surface area (Å²) in [6.07, 6.45) is 2.08. The topological polar surface area (TPSA) is 96.6 Å². The summed E-state index contributed by atoms with van der Waals surface area (Å²) in [6, 6.07) is 5.00. The van der Waals surface area contributed by atoms with Gasteiger partial charge in [-0.25, -0.2) is 8.42 Å². The van der Waals surface area contributed by atoms with E-state index in [9.17, 15) is 13.2 Å². The number of rotatable bonds is 5. The molecule has 1 saturated heterocycles. The van der Waals surface area contributed by atoms with Crippen molar-refractivity contribution in [1.29, 1.82) is 0 Å². The maximum atomic E-state index is 13.6. The van der Waals surface area contributed by atoms with Crippen LogP contribution in [0.3, 0.4) is 0 Å². The third kappa shape index (κ3) is 4.15. The van der Waals surface area contributed by atoms with Gasteiger partial charge in [0.2, 0.25) is 10.0 Å². The molecule has 178 valence electrons. The second kappa shape index (κ2) is 8.98. The van der Waals surface area contributed by atoms with Crippen LogP contribution in [0.25, 0.3) is 11.1 Å². The van der Waals surface area contributed by atoms with E-state index in [4.69, 9.17) is 33.9 Å². The molecule has 5 rings (SSSR count). The SMILES string of the molecule is Cc1nc2c(c(-c3ccc(Cl)cc3Cl)c1CN)C(=O)N(C1CCN(S(=O)(=O)C3CC3)C1)C2.Cl. The smallest absolute Gasteiger partial charge is 0.257 e. The number of pyridine rings is 1. The Kier molecular flexibility index (Phi) is 6.72. The summed E-state index contributed by atoms with van der Waals surface area (Å²) in [4.78, 5) is 20.1. The molecule has 0 spiro atoms. The van der Waals surface area contributed by atoms with Gasteiger partial charge in [0.15, 0.2) is 0 Å². The van der Waals surface area contributed by atoms with Crippen molar-refractivity contribution in [2.24, 2.45) is 5.73 Å². The fraction of sp³-hybridized carbons (Fsp3) is 0.455. The van der Waals surface area contributed by atoms with Crippen LogP contribution in [0.1, 0.15) is 46.6 Å². The van der Waals surface area contributed by atoms with Gasteiger partial charge in [-0.2, -0.15) is 4.31 Å². The van der Waals surface area contributed by atoms with Crippen LogP contribution >= 0.6 is 35.6 Å². The zero-order chi connectivity index (χ0) is 22.8. The number of hydrogen-bond donors (Lipinski definition) is 1. The lowest BCUT2D eigenvalue weighted by molar-refractivity contribution is 0.0712. The zero-order valence-electron chi connectivity index (χ0n) is 18.1. The number of sulfonamides is 1. The Morgan fingerprint density at radius 3 is 2.55 bits per heavy atom. The lowest BCUT2D eigenvalue weighted by Gasteiger charge is -2.24. The van der Waals surface area contributed by atoms with E-state index in [1.165, 1.54) is 0 Å². The predicted octanol–water partition coefficient (Wildman–Crippen LogP) is 3.77. The molecule has 2 fully saturated rings. The van der Waals surface area contributed by atoms with Gasteiger partial charge in [0.1, 0.15) is 0 Å². The third-order valence-corrected chi connectivity index (χ3v) is 9.56. The second-order valence-electron chi connectivity index (χ2n) is 8.68. The molecule has 2 aromatic rings. The van der Waals surface area contributed by atoms with E-state index in [1.54, 1.807) is 27.4 Å². The molecule has 2 aliphatic heterocycles. The van der Waals surface area contributed by atoms with Crippen LogP contribution in [0.2, 0.25) is 10.0 Å². The minimum Gasteiger partial charge on any atom is -0.328 e. The summed E-state index contributed by atoms with van der Waals surface area (Å²) in [7, 11) is -3.26. The molecule has 7 nitrogen and oxygen atoms in total. The van der Waals surface area contributed by atoms with Crippen LogP contribution in [0.15, 0.2) is 18.2 Å². The molecular formula is C22H25Cl3N4O3S. The maximum Gasteiger partial charge on any atom is 0.257 e. The summed E-state index contributed by atoms with van der Waals surface area (Å²) in [5.74, 6) is -0.154. The summed E-state index contributed by atoms with van der Waals surface area (Å²) in [5, 5.41) is 0.697. The van der Waals surface area contributed by atoms with Crippen molar-refractivity contribution < 1.29 is 13.2 Å². The van der Waals surface area contributed by atoms with Gasteiger partial charge in [-0.15, -0.1) is 12.4 Å². The number of carbonyl (C=O) groups is 1. The lowest BCUT2D eigenvalue weighted by Crippen LogP contribution is -2.39. The van der Waals surface area contributed by atoms with Gasteiger partial charge in [-0.3, -0.25) is 9.78 Å². The highest BCUT2D eigenvalue weighted by atomic mass is 35.5. The van der Waals surface area contributed by atoms with Crippen molar-refractivity contribution in [3.8, 4) is 11.1 Å². The summed E-state index contributed by atoms with van der Waals surface area (Å²) in [5.41, 5.74) is 10.2. The van der Waals surface area contributed by atoms with Crippen LogP contribution in [-0.4, -0.2) is 52.9 Å². The third-order valence-electron chi connectivity index (χ3n) is 6.65. The molecule has 2 N–H and O–H groups in total. The number of fused-ring (bicyclic) bond motifs is 1. The Labute approximate surface area is 209 Å². The van der Waals surface area contributed by atoms with Crippen molar-refractivity contribution in [2.45, 2.75) is 50.6 Å². The number of aromatic nitrogens is 1. The quantitative estimate of drug-likeness (QED) is 0.634. The fourth-order valence-electron chi connectivity index (χ4n) is 4.83. The lowest BCUT2D eigenvalue weighted by atomic mass is 9.93. The van der Waals surface area contributed by atoms with Gasteiger partial charge in [0.25, 0.3) is 5.91 Å². The van der Waals surface area contributed by atoms with E-state index in [1.807, 2.05) is 6.92 Å². The van der Waals surface area contributed by atoms with Crippen molar-refractivity contribution >= 4 is 51.5 Å². The number of amides is 1. The first kappa shape index (κ1) is 24.7. The molecule has 1 unspecified atom stereocenters. The molecule has 0 radical (unpaired) electrons. The van der Waals surface area contributed by atoms with Gasteiger partial charge >= 0.3 is 0 Å². The molecule has 3 heterocycles. The normalized spacial score (nSPS) is 20.8. The Hall–Kier alpha value is -1.42. The largest absolute Gasteiger partial charge is 0.328 e. The van der Waals surface area contributed by atoms with Gasteiger partial charge < -0.3 is 10.6 Å². The van der Waals surface area contributed by atoms with E-state index in [0.717, 1.165) is 24.1 Å². The molecule has 3 aliphatic rings. The first-order valence-corrected chi connectivity index (χ1v) is 13.0. The highest BCUT2D eigenvalue weighted by molar-refractivity contribution is 7.90. The molecule has 0 bridgehead atoms. The summed E-state index contributed by atoms with van der Waals surface area (Å²) >= 11 is 12.6. The molecule has 1 aromatic heterocycles. The maximum absolute atomic E-state index is 13.6. The Bertz CT molecular complexity index is 1230. The highest BCUT2D eigenvalue weighted by Gasteiger charge is 2.46. The van der Waals surface area contributed by atoms with Crippen LogP contribution in [-0.2, 0) is 23.1 Å². The fourth-order valence-corrected chi connectivity index (χ4v) is 7.23. The van der Waals surface area contributed by atoms with Gasteiger partial charge in [0, 0.05) is 52.5 Å². The number of hydrogen-bond acceptors (Lipinski definition) is 5. The average molecular weight is 532 g/mol. The summed E-state index contributed by atoms with van der Waals surface area (Å²) in [6.45, 7) is 3.21. The van der Waals surface area contributed by atoms with Crippen molar-refractivity contribution in [2.75, 3.05) is 13.1 Å². The van der Waals surface area contributed by atoms with E-state index in [2.05, 4.69) is 0 Å². The molecule has 1 saturated carbocycles. The number of nitrogens with zero attached hydrogens (tertiary/aromatic N) is 3. The highest BCUT2D eigenvalue weighted by Crippen LogP contribution is 2.41. The Morgan fingerprint density at radius 2 is 1.91 bits per heavy atom. The minimum atomic E-state index is -3.26. The first-order chi connectivity index (χ1) is 15.2. The summed E-state index contributed by atoms with van der Waals surface area (Å²) < 4.78 is 26.9. The molecular weight excluding hydrogens is 507 g/mol. The molecule has 1 aromatic carbocycles. The molecule has 1 atom stereocenters. The molecule has 11 heteroatoms. The van der Waals surface area contributed by atoms with Crippen LogP contribution in [0, 0.1) is 6.92 Å². The van der Waals surface area contributed by atoms with Gasteiger partial charge in [0.05, 0.1) is 23.1 Å². The molecule has 33 heavy (non-hydrogen) atoms. The number of aryl methyl sites for hydroxylation is 1. The predicted molar refractivity (Wildman–Crippen MR) is 131 cm³/mol. The Morgan fingerprint density at radius 1 is 1.18 bits per heavy atom. The first-order valence-electron chi connectivity index (χ1n) is 10.7. The van der Waals surface area contributed by atoms with Crippen LogP contribution < -0.4 is 5.73 Å². The van der Waals surface area contributed by atoms with Crippen molar-refractivity contribution in [3.05, 3.63) is 50.8 Å². The molecule has 1 amide bonds. The van der Waals surface area contributed by atoms with Crippen LogP contribution in [0.5, 0.6) is 0 Å². The zero-order valence-corrected chi connectivity index (χ0v) is 21.2. The van der Waals surface area contributed by atoms with E-state index in [0.29, 0.717) is 58.5 Å². The number of carbonyl (C=O) groups excluding carboxylic acids is 1. The van der Waals surface area contributed by atoms with Gasteiger partial charge in [-0.05, 0) is 43.9 Å². The van der Waals surface area contributed by atoms with Crippen LogP contribution in [0.4, 0.5) is 0 Å². The number of halogens is 3. The van der Waals surface area contributed by atoms with E-state index >= 15 is 0 Å². The van der Waals surface area contributed by atoms with Crippen molar-refractivity contribution in [1.82, 2.24) is 14.2 Å². The molecule has 1 aliphatic carbocycles. The number of nitrogens with two attached hydrogens (primary N) is 1. The average Bonchev–Trinajstić information content (AvgIpc) is 3.40. The van der Waals surface area contributed by atoms with Crippen molar-refractivity contribution in [3.63, 3.8) is 0 Å². The standard InChI is InChI=1S/C22H24Cl2N4O3S.ClH/c1-12-17(9-25)20(16-5-2-13(23)8-18(16)24)21-19(26-12)11-28(22(21)29)14-6-7-27(10-14)32(30,31)15-3-4-15;/h2,5,8,14-15H,3-4,6-7,9-11,25H2,1H3;1H. The number of benzene rings is 1. The van der Waals surface area contributed by atoms with E-state index in [-0.39, 0.29) is 36.2 Å². The minimum absolute atomic E-state index is 0. The second-order valence-corrected chi connectivity index (χ2v) is 11.7.